The first-order valence-electron chi connectivity index (χ1n) is 23.3. The Morgan fingerprint density at radius 3 is 1.14 bits per heavy atom. The highest BCUT2D eigenvalue weighted by molar-refractivity contribution is 6.76. The molecule has 0 aromatic rings. The fourth-order valence-electron chi connectivity index (χ4n) is 4.73. The first-order chi connectivity index (χ1) is 29.7. The van der Waals surface area contributed by atoms with Crippen molar-refractivity contribution in [2.45, 2.75) is 148 Å². The Bertz CT molecular complexity index is 1800. The topological polar surface area (TPSA) is 337 Å². The van der Waals surface area contributed by atoms with E-state index in [0.717, 1.165) is 0 Å². The predicted molar refractivity (Wildman–Crippen MR) is 166 cm³/mol. The summed E-state index contributed by atoms with van der Waals surface area (Å²) in [6.07, 6.45) is -74.1. The lowest BCUT2D eigenvalue weighted by Gasteiger charge is -2.49. The normalized spacial score (nSPS) is 67.5. The van der Waals surface area contributed by atoms with Gasteiger partial charge in [-0.15, -0.1) is 0 Å². The smallest absolute Gasteiger partial charge is 0.187 e. The fourth-order valence-corrected chi connectivity index (χ4v) is 5.46. The molecule has 4 aliphatic rings. The quantitative estimate of drug-likeness (QED) is 0.0728. The second-order valence-electron chi connectivity index (χ2n) is 12.3. The monoisotopic (exact) mass is 783 g/mol. The zero-order chi connectivity index (χ0) is 53.4. The standard InChI is InChI=1S/C29H54O21Si/c1-51(2,3)5-4-43-26-20(40)16(36)23(11(7-31)45-26)49-28-22(42)18(38)25(13(9-33)47-28)50-29-21(41)17(37)24(12(8-32)46-29)48-27-19(39)15(35)14(34)10(6-30)44-27/h10-42H,4-9H2,1-3H3/t10-,11-,12-,13-,14-,15+,16-,17-,18-,19-,20-,21-,22-,23-,24-,25-,26?,27-,28-,29-/m1/s1/i6D2,7D2,8D2,9D2,14D,15D,16D,17D,18D,19D,20D,21D,22D. The van der Waals surface area contributed by atoms with Gasteiger partial charge in [-0.1, -0.05) is 19.6 Å². The van der Waals surface area contributed by atoms with Crippen molar-refractivity contribution in [1.29, 1.82) is 0 Å². The number of hydrogen-bond donors (Lipinski definition) is 13. The van der Waals surface area contributed by atoms with E-state index in [9.17, 15) is 66.4 Å². The van der Waals surface area contributed by atoms with Crippen LogP contribution in [0.3, 0.4) is 0 Å². The molecule has 0 spiro atoms. The summed E-state index contributed by atoms with van der Waals surface area (Å²) < 4.78 is 178. The Kier molecular flexibility index (Phi) is 8.92. The highest BCUT2D eigenvalue weighted by Crippen LogP contribution is 2.34. The molecule has 4 fully saturated rings. The zero-order valence-corrected chi connectivity index (χ0v) is 27.8. The molecule has 0 aliphatic carbocycles. The minimum absolute atomic E-state index is 0.288. The molecule has 4 saturated heterocycles. The van der Waals surface area contributed by atoms with Gasteiger partial charge in [-0.3, -0.25) is 0 Å². The summed E-state index contributed by atoms with van der Waals surface area (Å²) in [6.45, 7) is -10.9. The molecular formula is C29H54O21Si. The molecule has 4 rings (SSSR count). The lowest BCUT2D eigenvalue weighted by Crippen LogP contribution is -2.67. The maximum Gasteiger partial charge on any atom is 0.187 e. The van der Waals surface area contributed by atoms with Crippen molar-refractivity contribution < 1.29 is 128 Å². The second kappa shape index (κ2) is 18.3. The third-order valence-corrected chi connectivity index (χ3v) is 9.25. The van der Waals surface area contributed by atoms with Crippen molar-refractivity contribution >= 4 is 8.07 Å². The number of aliphatic hydroxyl groups is 13. The highest BCUT2D eigenvalue weighted by Gasteiger charge is 2.55. The lowest BCUT2D eigenvalue weighted by molar-refractivity contribution is -0.388. The van der Waals surface area contributed by atoms with Crippen LogP contribution >= 0.6 is 0 Å². The van der Waals surface area contributed by atoms with E-state index in [1.807, 2.05) is 19.6 Å². The first-order valence-corrected chi connectivity index (χ1v) is 18.5. The van der Waals surface area contributed by atoms with E-state index in [-0.39, 0.29) is 12.7 Å². The lowest BCUT2D eigenvalue weighted by atomic mass is 9.95. The highest BCUT2D eigenvalue weighted by atomic mass is 28.3. The third-order valence-electron chi connectivity index (χ3n) is 7.55. The van der Waals surface area contributed by atoms with Crippen molar-refractivity contribution in [3.8, 4) is 0 Å². The first kappa shape index (κ1) is 24.8. The summed E-state index contributed by atoms with van der Waals surface area (Å²) in [5, 5.41) is 141. The van der Waals surface area contributed by atoms with Crippen molar-refractivity contribution in [3.63, 3.8) is 0 Å². The van der Waals surface area contributed by atoms with Crippen LogP contribution in [0.1, 0.15) is 23.3 Å². The Hall–Kier alpha value is -0.623. The van der Waals surface area contributed by atoms with Crippen LogP contribution in [0, 0.1) is 0 Å². The molecule has 21 nitrogen and oxygen atoms in total. The molecule has 0 aromatic carbocycles. The van der Waals surface area contributed by atoms with Gasteiger partial charge in [-0.05, 0) is 6.04 Å². The Morgan fingerprint density at radius 1 is 0.471 bits per heavy atom. The molecule has 300 valence electrons. The van der Waals surface area contributed by atoms with Crippen LogP contribution in [0.5, 0.6) is 0 Å². The minimum atomic E-state index is -4.51. The van der Waals surface area contributed by atoms with Gasteiger partial charge in [0.1, 0.15) is 97.4 Å². The second-order valence-corrected chi connectivity index (χ2v) is 17.9. The SMILES string of the molecule is [2H]C([2H])(O)[C@H]1O[C@H](O[C@@H]2[C@@H](C([2H])([2H])O)O[C@H](O[C@@H]3[C@@H](C([2H])([2H])O)O[C@H](O[C@@H]4[C@@H](C([2H])([2H])O)OC(OCC[Si](C)(C)C)[C@]([2H])(O)[C@@]4([2H])O)[C@]([2H])(O)[C@@]3([2H])O)[C@]([2H])(O)[C@@]2([2H])O)[C@]([2H])(O)[C@@]([2H])(O)[C@]1([2H])O. The van der Waals surface area contributed by atoms with E-state index in [2.05, 4.69) is 0 Å². The Morgan fingerprint density at radius 2 is 0.784 bits per heavy atom. The van der Waals surface area contributed by atoms with Crippen LogP contribution < -0.4 is 0 Å². The molecule has 0 aromatic heterocycles. The van der Waals surface area contributed by atoms with E-state index < -0.39 is 157 Å². The summed E-state index contributed by atoms with van der Waals surface area (Å²) >= 11 is 0. The van der Waals surface area contributed by atoms with Crippen molar-refractivity contribution in [3.05, 3.63) is 0 Å². The van der Waals surface area contributed by atoms with Gasteiger partial charge in [0.25, 0.3) is 0 Å². The van der Waals surface area contributed by atoms with E-state index in [1.165, 1.54) is 0 Å². The van der Waals surface area contributed by atoms with Gasteiger partial charge in [-0.2, -0.15) is 0 Å². The summed E-state index contributed by atoms with van der Waals surface area (Å²) in [5.41, 5.74) is 0. The van der Waals surface area contributed by atoms with Gasteiger partial charge in [0, 0.05) is 14.7 Å². The van der Waals surface area contributed by atoms with Crippen LogP contribution in [0.4, 0.5) is 0 Å². The average molecular weight is 784 g/mol. The molecule has 0 radical (unpaired) electrons. The molecule has 4 aliphatic heterocycles. The largest absolute Gasteiger partial charge is 0.394 e. The molecule has 51 heavy (non-hydrogen) atoms. The van der Waals surface area contributed by atoms with Crippen LogP contribution in [-0.2, 0) is 37.9 Å². The van der Waals surface area contributed by atoms with Crippen molar-refractivity contribution in [1.82, 2.24) is 0 Å². The van der Waals surface area contributed by atoms with E-state index >= 15 is 0 Å². The zero-order valence-electron chi connectivity index (χ0n) is 43.8. The van der Waals surface area contributed by atoms with Crippen molar-refractivity contribution in [2.75, 3.05) is 32.8 Å². The molecule has 0 saturated carbocycles. The average Bonchev–Trinajstić information content (AvgIpc) is 3.08. The van der Waals surface area contributed by atoms with E-state index in [4.69, 9.17) is 61.2 Å². The number of hydrogen-bond acceptors (Lipinski definition) is 21. The maximum atomic E-state index is 11.5. The summed E-state index contributed by atoms with van der Waals surface area (Å²) in [5.74, 6) is 0. The molecule has 0 bridgehead atoms. The van der Waals surface area contributed by atoms with Gasteiger partial charge in [0.05, 0.1) is 49.5 Å². The molecular weight excluding hydrogens is 712 g/mol. The van der Waals surface area contributed by atoms with Crippen LogP contribution in [0.15, 0.2) is 0 Å². The van der Waals surface area contributed by atoms with Gasteiger partial charge in [-0.25, -0.2) is 0 Å². The number of rotatable bonds is 14. The summed E-state index contributed by atoms with van der Waals surface area (Å²) in [4.78, 5) is 0. The Balaban J connectivity index is 1.76. The third kappa shape index (κ3) is 9.79. The van der Waals surface area contributed by atoms with Crippen LogP contribution in [-0.4, -0.2) is 230 Å². The molecule has 13 N–H and O–H groups in total. The van der Waals surface area contributed by atoms with Gasteiger partial charge in [0.2, 0.25) is 0 Å². The van der Waals surface area contributed by atoms with Crippen LogP contribution in [0.25, 0.3) is 0 Å². The number of ether oxygens (including phenoxy) is 8. The predicted octanol–water partition coefficient (Wildman–Crippen LogP) is -7.39. The Labute approximate surface area is 317 Å². The molecule has 1 unspecified atom stereocenters. The van der Waals surface area contributed by atoms with Gasteiger partial charge < -0.3 is 104 Å². The van der Waals surface area contributed by atoms with Gasteiger partial charge >= 0.3 is 0 Å². The van der Waals surface area contributed by atoms with E-state index in [1.54, 1.807) is 0 Å². The molecule has 22 heteroatoms. The van der Waals surface area contributed by atoms with Crippen LogP contribution in [0.2, 0.25) is 25.7 Å². The minimum Gasteiger partial charge on any atom is -0.394 e. The van der Waals surface area contributed by atoms with Gasteiger partial charge in [0.15, 0.2) is 25.2 Å². The van der Waals surface area contributed by atoms with Crippen molar-refractivity contribution in [2.24, 2.45) is 0 Å². The molecule has 0 amide bonds. The van der Waals surface area contributed by atoms with E-state index in [0.29, 0.717) is 0 Å². The molecule has 4 heterocycles. The maximum absolute atomic E-state index is 11.5. The molecule has 20 atom stereocenters. The fraction of sp³-hybridized carbons (Fsp3) is 1.00. The summed E-state index contributed by atoms with van der Waals surface area (Å²) in [6, 6.07) is 0.288. The summed E-state index contributed by atoms with van der Waals surface area (Å²) in [7, 11) is -1.95.